The first kappa shape index (κ1) is 15.7. The number of carbonyl (C=O) groups is 1. The van der Waals surface area contributed by atoms with E-state index in [9.17, 15) is 14.4 Å². The summed E-state index contributed by atoms with van der Waals surface area (Å²) in [5.74, 6) is 0.177. The van der Waals surface area contributed by atoms with Crippen molar-refractivity contribution in [3.63, 3.8) is 0 Å². The van der Waals surface area contributed by atoms with Gasteiger partial charge in [0.25, 0.3) is 5.56 Å². The lowest BCUT2D eigenvalue weighted by molar-refractivity contribution is -0.117. The molecule has 2 heterocycles. The third-order valence-electron chi connectivity index (χ3n) is 4.34. The average Bonchev–Trinajstić information content (AvgIpc) is 3.24. The number of hydrogen-bond donors (Lipinski definition) is 0. The van der Waals surface area contributed by atoms with Crippen molar-refractivity contribution in [1.29, 1.82) is 0 Å². The van der Waals surface area contributed by atoms with E-state index in [1.807, 2.05) is 4.57 Å². The van der Waals surface area contributed by atoms with Crippen molar-refractivity contribution in [2.75, 3.05) is 0 Å². The van der Waals surface area contributed by atoms with Crippen molar-refractivity contribution in [2.45, 2.75) is 65.1 Å². The molecule has 7 heteroatoms. The molecule has 0 bridgehead atoms. The second-order valence-electron chi connectivity index (χ2n) is 6.20. The fraction of sp³-hybridized carbons (Fsp3) is 0.625. The molecule has 0 radical (unpaired) electrons. The van der Waals surface area contributed by atoms with E-state index in [0.29, 0.717) is 30.7 Å². The van der Waals surface area contributed by atoms with Crippen LogP contribution in [0.1, 0.15) is 52.0 Å². The van der Waals surface area contributed by atoms with Crippen molar-refractivity contribution < 1.29 is 4.79 Å². The highest BCUT2D eigenvalue weighted by molar-refractivity contribution is 5.75. The third-order valence-corrected chi connectivity index (χ3v) is 4.34. The van der Waals surface area contributed by atoms with Gasteiger partial charge in [0, 0.05) is 25.6 Å². The second-order valence-corrected chi connectivity index (χ2v) is 6.20. The molecule has 0 spiro atoms. The van der Waals surface area contributed by atoms with Crippen LogP contribution in [0.3, 0.4) is 0 Å². The van der Waals surface area contributed by atoms with Crippen molar-refractivity contribution in [3.05, 3.63) is 27.2 Å². The fourth-order valence-corrected chi connectivity index (χ4v) is 2.97. The molecule has 1 saturated carbocycles. The molecule has 0 N–H and O–H groups in total. The summed E-state index contributed by atoms with van der Waals surface area (Å²) in [7, 11) is 0. The first-order valence-corrected chi connectivity index (χ1v) is 8.24. The molecule has 124 valence electrons. The van der Waals surface area contributed by atoms with Gasteiger partial charge in [-0.05, 0) is 39.5 Å². The third kappa shape index (κ3) is 2.87. The Bertz CT molecular complexity index is 855. The topological polar surface area (TPSA) is 78.9 Å². The Hall–Kier alpha value is -2.18. The average molecular weight is 318 g/mol. The standard InChI is InChI=1S/C16H22N4O3/c1-3-19-15(22)13-14(20(16(19)23)12-7-8-12)17-10-18(13)9-5-4-6-11(2)21/h10,12H,3-9H2,1-2H3. The minimum atomic E-state index is -0.270. The Morgan fingerprint density at radius 3 is 2.65 bits per heavy atom. The number of carbonyl (C=O) groups excluding carboxylic acids is 1. The zero-order chi connectivity index (χ0) is 16.6. The largest absolute Gasteiger partial charge is 0.332 e. The van der Waals surface area contributed by atoms with Gasteiger partial charge in [0.2, 0.25) is 0 Å². The van der Waals surface area contributed by atoms with Gasteiger partial charge >= 0.3 is 5.69 Å². The summed E-state index contributed by atoms with van der Waals surface area (Å²) in [5.41, 5.74) is 0.475. The summed E-state index contributed by atoms with van der Waals surface area (Å²) >= 11 is 0. The normalized spacial score (nSPS) is 14.5. The molecular weight excluding hydrogens is 296 g/mol. The quantitative estimate of drug-likeness (QED) is 0.724. The molecule has 0 unspecified atom stereocenters. The Labute approximate surface area is 133 Å². The van der Waals surface area contributed by atoms with Crippen molar-refractivity contribution >= 4 is 16.9 Å². The maximum atomic E-state index is 12.6. The SMILES string of the molecule is CCn1c(=O)c2c(ncn2CCCCC(C)=O)n(C2CC2)c1=O. The van der Waals surface area contributed by atoms with Gasteiger partial charge in [-0.2, -0.15) is 0 Å². The first-order valence-electron chi connectivity index (χ1n) is 8.24. The van der Waals surface area contributed by atoms with Crippen LogP contribution in [0.2, 0.25) is 0 Å². The van der Waals surface area contributed by atoms with E-state index in [4.69, 9.17) is 0 Å². The Kier molecular flexibility index (Phi) is 4.19. The summed E-state index contributed by atoms with van der Waals surface area (Å²) in [6.45, 7) is 4.38. The molecule has 0 amide bonds. The van der Waals surface area contributed by atoms with Gasteiger partial charge in [0.1, 0.15) is 5.78 Å². The van der Waals surface area contributed by atoms with Crippen molar-refractivity contribution in [1.82, 2.24) is 18.7 Å². The lowest BCUT2D eigenvalue weighted by Gasteiger charge is -2.10. The molecular formula is C16H22N4O3. The fourth-order valence-electron chi connectivity index (χ4n) is 2.97. The lowest BCUT2D eigenvalue weighted by atomic mass is 10.2. The number of aromatic nitrogens is 4. The van der Waals surface area contributed by atoms with Crippen LogP contribution in [-0.2, 0) is 17.9 Å². The Morgan fingerprint density at radius 2 is 2.04 bits per heavy atom. The van der Waals surface area contributed by atoms with E-state index in [2.05, 4.69) is 4.98 Å². The van der Waals surface area contributed by atoms with E-state index in [0.717, 1.165) is 25.7 Å². The molecule has 23 heavy (non-hydrogen) atoms. The van der Waals surface area contributed by atoms with Gasteiger partial charge in [-0.1, -0.05) is 0 Å². The summed E-state index contributed by atoms with van der Waals surface area (Å²) in [6, 6.07) is 0.171. The van der Waals surface area contributed by atoms with Gasteiger partial charge in [-0.3, -0.25) is 13.9 Å². The molecule has 3 rings (SSSR count). The van der Waals surface area contributed by atoms with Crippen LogP contribution in [0.4, 0.5) is 0 Å². The van der Waals surface area contributed by atoms with Crippen LogP contribution >= 0.6 is 0 Å². The number of imidazole rings is 1. The summed E-state index contributed by atoms with van der Waals surface area (Å²) < 4.78 is 4.78. The van der Waals surface area contributed by atoms with Crippen molar-refractivity contribution in [3.8, 4) is 0 Å². The molecule has 0 atom stereocenters. The molecule has 2 aromatic heterocycles. The first-order chi connectivity index (χ1) is 11.0. The molecule has 1 aliphatic carbocycles. The number of rotatable bonds is 7. The van der Waals surface area contributed by atoms with Gasteiger partial charge < -0.3 is 9.36 Å². The number of nitrogens with zero attached hydrogens (tertiary/aromatic N) is 4. The van der Waals surface area contributed by atoms with E-state index in [1.54, 1.807) is 24.7 Å². The molecule has 1 aliphatic rings. The van der Waals surface area contributed by atoms with Crippen LogP contribution in [0.25, 0.3) is 11.2 Å². The molecule has 2 aromatic rings. The minimum Gasteiger partial charge on any atom is -0.325 e. The zero-order valence-electron chi connectivity index (χ0n) is 13.6. The lowest BCUT2D eigenvalue weighted by Crippen LogP contribution is -2.40. The molecule has 7 nitrogen and oxygen atoms in total. The predicted octanol–water partition coefficient (Wildman–Crippen LogP) is 1.47. The molecule has 0 aliphatic heterocycles. The van der Waals surface area contributed by atoms with E-state index < -0.39 is 0 Å². The Balaban J connectivity index is 2.01. The van der Waals surface area contributed by atoms with E-state index >= 15 is 0 Å². The van der Waals surface area contributed by atoms with E-state index in [1.165, 1.54) is 4.57 Å². The van der Waals surface area contributed by atoms with Crippen LogP contribution in [-0.4, -0.2) is 24.5 Å². The Morgan fingerprint density at radius 1 is 1.30 bits per heavy atom. The summed E-state index contributed by atoms with van der Waals surface area (Å²) in [6.07, 6.45) is 5.71. The summed E-state index contributed by atoms with van der Waals surface area (Å²) in [5, 5.41) is 0. The van der Waals surface area contributed by atoms with Gasteiger partial charge in [0.05, 0.1) is 6.33 Å². The second kappa shape index (κ2) is 6.14. The van der Waals surface area contributed by atoms with Crippen LogP contribution in [0, 0.1) is 0 Å². The smallest absolute Gasteiger partial charge is 0.325 e. The molecule has 0 saturated heterocycles. The van der Waals surface area contributed by atoms with E-state index in [-0.39, 0.29) is 23.1 Å². The van der Waals surface area contributed by atoms with Crippen LogP contribution < -0.4 is 11.2 Å². The number of Topliss-reactive ketones (excluding diaryl/α,β-unsaturated/α-hetero) is 1. The number of hydrogen-bond acceptors (Lipinski definition) is 4. The highest BCUT2D eigenvalue weighted by Crippen LogP contribution is 2.34. The van der Waals surface area contributed by atoms with Gasteiger partial charge in [0.15, 0.2) is 11.2 Å². The molecule has 1 fully saturated rings. The van der Waals surface area contributed by atoms with Crippen LogP contribution in [0.15, 0.2) is 15.9 Å². The zero-order valence-corrected chi connectivity index (χ0v) is 13.6. The minimum absolute atomic E-state index is 0.171. The number of ketones is 1. The van der Waals surface area contributed by atoms with Crippen molar-refractivity contribution in [2.24, 2.45) is 0 Å². The maximum absolute atomic E-state index is 12.6. The summed E-state index contributed by atoms with van der Waals surface area (Å²) in [4.78, 5) is 40.5. The highest BCUT2D eigenvalue weighted by atomic mass is 16.2. The number of aryl methyl sites for hydroxylation is 1. The monoisotopic (exact) mass is 318 g/mol. The number of unbranched alkanes of at least 4 members (excludes halogenated alkanes) is 1. The highest BCUT2D eigenvalue weighted by Gasteiger charge is 2.29. The number of fused-ring (bicyclic) bond motifs is 1. The molecule has 0 aromatic carbocycles. The van der Waals surface area contributed by atoms with Crippen LogP contribution in [0.5, 0.6) is 0 Å². The predicted molar refractivity (Wildman–Crippen MR) is 86.7 cm³/mol. The van der Waals surface area contributed by atoms with Gasteiger partial charge in [-0.25, -0.2) is 9.78 Å². The maximum Gasteiger partial charge on any atom is 0.332 e. The van der Waals surface area contributed by atoms with Gasteiger partial charge in [-0.15, -0.1) is 0 Å².